The lowest BCUT2D eigenvalue weighted by Crippen LogP contribution is -2.34. The lowest BCUT2D eigenvalue weighted by molar-refractivity contribution is -0.118. The Bertz CT molecular complexity index is 678. The molecule has 2 aromatic heterocycles. The second kappa shape index (κ2) is 7.04. The van der Waals surface area contributed by atoms with Crippen LogP contribution >= 0.6 is 0 Å². The molecule has 118 valence electrons. The molecule has 22 heavy (non-hydrogen) atoms. The SMILES string of the molecule is CC(=O)NCCNC(=O)c1nc2ccccn2c1CN(C)C. The molecule has 0 bridgehead atoms. The van der Waals surface area contributed by atoms with Crippen LogP contribution in [0.4, 0.5) is 0 Å². The van der Waals surface area contributed by atoms with Gasteiger partial charge in [-0.3, -0.25) is 9.59 Å². The van der Waals surface area contributed by atoms with E-state index >= 15 is 0 Å². The van der Waals surface area contributed by atoms with E-state index in [9.17, 15) is 9.59 Å². The molecule has 0 fully saturated rings. The van der Waals surface area contributed by atoms with E-state index in [1.165, 1.54) is 6.92 Å². The van der Waals surface area contributed by atoms with Gasteiger partial charge in [0, 0.05) is 32.8 Å². The molecule has 2 amide bonds. The summed E-state index contributed by atoms with van der Waals surface area (Å²) in [5.74, 6) is -0.346. The third-order valence-electron chi connectivity index (χ3n) is 3.09. The molecule has 0 aliphatic heterocycles. The molecule has 2 N–H and O–H groups in total. The molecule has 2 aromatic rings. The average molecular weight is 303 g/mol. The van der Waals surface area contributed by atoms with Gasteiger partial charge < -0.3 is 19.9 Å². The van der Waals surface area contributed by atoms with Gasteiger partial charge in [-0.1, -0.05) is 6.07 Å². The molecule has 7 nitrogen and oxygen atoms in total. The van der Waals surface area contributed by atoms with Gasteiger partial charge in [0.25, 0.3) is 5.91 Å². The van der Waals surface area contributed by atoms with Gasteiger partial charge in [0.2, 0.25) is 5.91 Å². The van der Waals surface area contributed by atoms with Crippen LogP contribution in [0.2, 0.25) is 0 Å². The fourth-order valence-electron chi connectivity index (χ4n) is 2.18. The highest BCUT2D eigenvalue weighted by Crippen LogP contribution is 2.14. The fraction of sp³-hybridized carbons (Fsp3) is 0.400. The Morgan fingerprint density at radius 1 is 1.23 bits per heavy atom. The number of pyridine rings is 1. The third kappa shape index (κ3) is 3.82. The summed E-state index contributed by atoms with van der Waals surface area (Å²) in [5, 5.41) is 5.42. The van der Waals surface area contributed by atoms with Crippen LogP contribution in [-0.4, -0.2) is 53.3 Å². The largest absolute Gasteiger partial charge is 0.355 e. The van der Waals surface area contributed by atoms with E-state index in [1.807, 2.05) is 47.8 Å². The molecular formula is C15H21N5O2. The van der Waals surface area contributed by atoms with Crippen LogP contribution in [0, 0.1) is 0 Å². The maximum absolute atomic E-state index is 12.3. The summed E-state index contributed by atoms with van der Waals surface area (Å²) >= 11 is 0. The van der Waals surface area contributed by atoms with Crippen molar-refractivity contribution in [3.63, 3.8) is 0 Å². The molecule has 7 heteroatoms. The van der Waals surface area contributed by atoms with E-state index in [0.29, 0.717) is 25.3 Å². The minimum atomic E-state index is -0.231. The molecule has 0 saturated heterocycles. The highest BCUT2D eigenvalue weighted by atomic mass is 16.2. The number of rotatable bonds is 6. The number of nitrogens with zero attached hydrogens (tertiary/aromatic N) is 3. The van der Waals surface area contributed by atoms with Crippen molar-refractivity contribution >= 4 is 17.5 Å². The Morgan fingerprint density at radius 3 is 2.64 bits per heavy atom. The number of imidazole rings is 1. The number of nitrogens with one attached hydrogen (secondary N) is 2. The van der Waals surface area contributed by atoms with Crippen molar-refractivity contribution < 1.29 is 9.59 Å². The van der Waals surface area contributed by atoms with Crippen LogP contribution in [0.3, 0.4) is 0 Å². The summed E-state index contributed by atoms with van der Waals surface area (Å²) in [5.41, 5.74) is 2.01. The van der Waals surface area contributed by atoms with E-state index in [0.717, 1.165) is 11.3 Å². The Labute approximate surface area is 129 Å². The van der Waals surface area contributed by atoms with Crippen LogP contribution < -0.4 is 10.6 Å². The number of hydrogen-bond acceptors (Lipinski definition) is 4. The summed E-state index contributed by atoms with van der Waals surface area (Å²) in [4.78, 5) is 29.6. The first-order valence-corrected chi connectivity index (χ1v) is 7.12. The molecule has 0 aliphatic carbocycles. The van der Waals surface area contributed by atoms with Crippen molar-refractivity contribution in [2.45, 2.75) is 13.5 Å². The summed E-state index contributed by atoms with van der Waals surface area (Å²) in [6.07, 6.45) is 1.90. The number of fused-ring (bicyclic) bond motifs is 1. The van der Waals surface area contributed by atoms with Gasteiger partial charge in [0.05, 0.1) is 5.69 Å². The Morgan fingerprint density at radius 2 is 1.95 bits per heavy atom. The van der Waals surface area contributed by atoms with Crippen molar-refractivity contribution in [2.75, 3.05) is 27.2 Å². The van der Waals surface area contributed by atoms with Crippen LogP contribution in [-0.2, 0) is 11.3 Å². The van der Waals surface area contributed by atoms with Crippen LogP contribution in [0.5, 0.6) is 0 Å². The molecule has 0 saturated carbocycles. The molecule has 0 spiro atoms. The third-order valence-corrected chi connectivity index (χ3v) is 3.09. The van der Waals surface area contributed by atoms with Crippen LogP contribution in [0.1, 0.15) is 23.1 Å². The Balaban J connectivity index is 2.18. The second-order valence-electron chi connectivity index (χ2n) is 5.31. The van der Waals surface area contributed by atoms with Crippen molar-refractivity contribution in [1.29, 1.82) is 0 Å². The topological polar surface area (TPSA) is 78.7 Å². The van der Waals surface area contributed by atoms with E-state index in [1.54, 1.807) is 0 Å². The Kier molecular flexibility index (Phi) is 5.11. The highest BCUT2D eigenvalue weighted by molar-refractivity contribution is 5.94. The van der Waals surface area contributed by atoms with Crippen molar-refractivity contribution in [1.82, 2.24) is 24.9 Å². The number of carbonyl (C=O) groups is 2. The molecule has 0 radical (unpaired) electrons. The molecule has 0 unspecified atom stereocenters. The molecule has 0 aromatic carbocycles. The van der Waals surface area contributed by atoms with E-state index in [4.69, 9.17) is 0 Å². The minimum absolute atomic E-state index is 0.115. The average Bonchev–Trinajstić information content (AvgIpc) is 2.82. The van der Waals surface area contributed by atoms with Crippen molar-refractivity contribution in [2.24, 2.45) is 0 Å². The summed E-state index contributed by atoms with van der Waals surface area (Å²) in [6, 6.07) is 5.67. The van der Waals surface area contributed by atoms with Gasteiger partial charge in [0.1, 0.15) is 5.65 Å². The van der Waals surface area contributed by atoms with Crippen LogP contribution in [0.25, 0.3) is 5.65 Å². The van der Waals surface area contributed by atoms with Gasteiger partial charge in [-0.25, -0.2) is 4.98 Å². The van der Waals surface area contributed by atoms with E-state index in [2.05, 4.69) is 15.6 Å². The predicted molar refractivity (Wildman–Crippen MR) is 83.6 cm³/mol. The Hall–Kier alpha value is -2.41. The lowest BCUT2D eigenvalue weighted by atomic mass is 10.3. The van der Waals surface area contributed by atoms with Gasteiger partial charge in [0.15, 0.2) is 5.69 Å². The van der Waals surface area contributed by atoms with Crippen molar-refractivity contribution in [3.8, 4) is 0 Å². The monoisotopic (exact) mass is 303 g/mol. The number of hydrogen-bond donors (Lipinski definition) is 2. The minimum Gasteiger partial charge on any atom is -0.355 e. The zero-order valence-corrected chi connectivity index (χ0v) is 13.1. The fourth-order valence-corrected chi connectivity index (χ4v) is 2.18. The lowest BCUT2D eigenvalue weighted by Gasteiger charge is -2.11. The quantitative estimate of drug-likeness (QED) is 0.751. The van der Waals surface area contributed by atoms with E-state index in [-0.39, 0.29) is 11.8 Å². The second-order valence-corrected chi connectivity index (χ2v) is 5.31. The molecule has 0 atom stereocenters. The summed E-state index contributed by atoms with van der Waals surface area (Å²) < 4.78 is 1.92. The normalized spacial score (nSPS) is 10.9. The number of carbonyl (C=O) groups excluding carboxylic acids is 2. The van der Waals surface area contributed by atoms with Gasteiger partial charge in [-0.05, 0) is 26.2 Å². The molecule has 0 aliphatic rings. The molecule has 2 heterocycles. The zero-order chi connectivity index (χ0) is 16.1. The van der Waals surface area contributed by atoms with Gasteiger partial charge in [-0.2, -0.15) is 0 Å². The first-order valence-electron chi connectivity index (χ1n) is 7.12. The van der Waals surface area contributed by atoms with Gasteiger partial charge in [-0.15, -0.1) is 0 Å². The van der Waals surface area contributed by atoms with Crippen LogP contribution in [0.15, 0.2) is 24.4 Å². The number of amides is 2. The summed E-state index contributed by atoms with van der Waals surface area (Å²) in [7, 11) is 3.89. The van der Waals surface area contributed by atoms with E-state index < -0.39 is 0 Å². The van der Waals surface area contributed by atoms with Crippen molar-refractivity contribution in [3.05, 3.63) is 35.8 Å². The maximum atomic E-state index is 12.3. The van der Waals surface area contributed by atoms with Gasteiger partial charge >= 0.3 is 0 Å². The maximum Gasteiger partial charge on any atom is 0.271 e. The standard InChI is InChI=1S/C15H21N5O2/c1-11(21)16-7-8-17-15(22)14-12(10-19(2)3)20-9-5-4-6-13(20)18-14/h4-6,9H,7-8,10H2,1-3H3,(H,16,21)(H,17,22). The smallest absolute Gasteiger partial charge is 0.271 e. The highest BCUT2D eigenvalue weighted by Gasteiger charge is 2.18. The molecular weight excluding hydrogens is 282 g/mol. The molecule has 2 rings (SSSR count). The number of aromatic nitrogens is 2. The first kappa shape index (κ1) is 16.0. The zero-order valence-electron chi connectivity index (χ0n) is 13.1. The first-order chi connectivity index (χ1) is 10.5. The predicted octanol–water partition coefficient (Wildman–Crippen LogP) is 0.262. The summed E-state index contributed by atoms with van der Waals surface area (Å²) in [6.45, 7) is 2.82.